The molecular formula is C35H50N8O3. The van der Waals surface area contributed by atoms with Gasteiger partial charge in [0.15, 0.2) is 0 Å². The number of aromatic nitrogens is 3. The zero-order valence-corrected chi connectivity index (χ0v) is 28.2. The van der Waals surface area contributed by atoms with Crippen LogP contribution in [-0.2, 0) is 22.6 Å². The molecule has 1 aromatic carbocycles. The molecule has 11 nitrogen and oxygen atoms in total. The smallest absolute Gasteiger partial charge is 0.407 e. The maximum atomic E-state index is 11.7. The Bertz CT molecular complexity index is 1420. The van der Waals surface area contributed by atoms with E-state index in [4.69, 9.17) is 9.47 Å². The highest BCUT2D eigenvalue weighted by molar-refractivity contribution is 5.68. The van der Waals surface area contributed by atoms with Crippen molar-refractivity contribution in [3.05, 3.63) is 78.7 Å². The van der Waals surface area contributed by atoms with Crippen molar-refractivity contribution in [2.45, 2.75) is 65.8 Å². The number of benzene rings is 1. The van der Waals surface area contributed by atoms with E-state index < -0.39 is 11.7 Å². The molecule has 3 N–H and O–H groups in total. The van der Waals surface area contributed by atoms with Crippen molar-refractivity contribution in [2.75, 3.05) is 51.1 Å². The molecule has 46 heavy (non-hydrogen) atoms. The summed E-state index contributed by atoms with van der Waals surface area (Å²) in [5.41, 5.74) is 3.41. The molecule has 1 saturated heterocycles. The fraction of sp³-hybridized carbons (Fsp3) is 0.486. The van der Waals surface area contributed by atoms with Crippen molar-refractivity contribution in [1.29, 1.82) is 0 Å². The lowest BCUT2D eigenvalue weighted by Gasteiger charge is -2.35. The first kappa shape index (κ1) is 34.8. The fourth-order valence-corrected chi connectivity index (χ4v) is 5.01. The molecule has 1 aliphatic heterocycles. The predicted molar refractivity (Wildman–Crippen MR) is 183 cm³/mol. The van der Waals surface area contributed by atoms with Crippen LogP contribution in [0.3, 0.4) is 0 Å². The summed E-state index contributed by atoms with van der Waals surface area (Å²) in [6.07, 6.45) is 4.99. The van der Waals surface area contributed by atoms with Crippen LogP contribution in [0.1, 0.15) is 52.9 Å². The van der Waals surface area contributed by atoms with E-state index in [-0.39, 0.29) is 5.60 Å². The number of carbonyl (C=O) groups is 1. The van der Waals surface area contributed by atoms with Crippen LogP contribution in [0.2, 0.25) is 0 Å². The Hall–Kier alpha value is -4.06. The first-order valence-corrected chi connectivity index (χ1v) is 15.9. The zero-order chi connectivity index (χ0) is 33.2. The molecule has 248 valence electrons. The van der Waals surface area contributed by atoms with E-state index in [1.54, 1.807) is 6.20 Å². The summed E-state index contributed by atoms with van der Waals surface area (Å²) >= 11 is 0. The minimum atomic E-state index is -0.514. The number of ether oxygens (including phenoxy) is 2. The lowest BCUT2D eigenvalue weighted by molar-refractivity contribution is 0.0326. The van der Waals surface area contributed by atoms with E-state index in [2.05, 4.69) is 92.3 Å². The standard InChI is InChI=1S/C35H50N8O3/c1-26(45-34(2,3)4)24-42-15-17-43(18-16-42)25-27-9-8-10-30(19-27)41-31-20-28(11-12-37-31)29-21-39-32(40-22-29)23-36-13-14-38-33(44)46-35(5,6)7/h8-12,19-22,36H,1,13-18,23-25H2,2-7H3,(H,37,41)(H,38,44). The fourth-order valence-electron chi connectivity index (χ4n) is 5.01. The number of nitrogens with zero attached hydrogens (tertiary/aromatic N) is 5. The number of piperazine rings is 1. The molecule has 3 heterocycles. The van der Waals surface area contributed by atoms with Gasteiger partial charge in [-0.3, -0.25) is 9.80 Å². The quantitative estimate of drug-likeness (QED) is 0.169. The molecule has 0 unspecified atom stereocenters. The van der Waals surface area contributed by atoms with Crippen LogP contribution in [0.25, 0.3) is 11.1 Å². The lowest BCUT2D eigenvalue weighted by Crippen LogP contribution is -2.46. The monoisotopic (exact) mass is 630 g/mol. The van der Waals surface area contributed by atoms with Gasteiger partial charge in [-0.25, -0.2) is 19.7 Å². The van der Waals surface area contributed by atoms with Gasteiger partial charge in [0.1, 0.15) is 28.6 Å². The molecule has 1 fully saturated rings. The van der Waals surface area contributed by atoms with Crippen molar-refractivity contribution in [3.8, 4) is 11.1 Å². The van der Waals surface area contributed by atoms with Crippen molar-refractivity contribution in [2.24, 2.45) is 0 Å². The van der Waals surface area contributed by atoms with Gasteiger partial charge in [0.25, 0.3) is 0 Å². The Morgan fingerprint density at radius 3 is 2.26 bits per heavy atom. The maximum Gasteiger partial charge on any atom is 0.407 e. The summed E-state index contributed by atoms with van der Waals surface area (Å²) in [7, 11) is 0. The molecule has 0 atom stereocenters. The SMILES string of the molecule is C=C(CN1CCN(Cc2cccc(Nc3cc(-c4cnc(CNCCNC(=O)OC(C)(C)C)nc4)ccn3)c2)CC1)OC(C)(C)C. The highest BCUT2D eigenvalue weighted by atomic mass is 16.6. The average molecular weight is 631 g/mol. The van der Waals surface area contributed by atoms with Crippen LogP contribution in [0, 0.1) is 0 Å². The average Bonchev–Trinajstić information content (AvgIpc) is 2.97. The highest BCUT2D eigenvalue weighted by Crippen LogP contribution is 2.23. The van der Waals surface area contributed by atoms with Gasteiger partial charge in [-0.05, 0) is 76.9 Å². The largest absolute Gasteiger partial charge is 0.492 e. The van der Waals surface area contributed by atoms with E-state index >= 15 is 0 Å². The number of pyridine rings is 1. The third-order valence-electron chi connectivity index (χ3n) is 6.97. The van der Waals surface area contributed by atoms with Gasteiger partial charge >= 0.3 is 6.09 Å². The van der Waals surface area contributed by atoms with Gasteiger partial charge in [-0.1, -0.05) is 18.7 Å². The molecule has 0 radical (unpaired) electrons. The van der Waals surface area contributed by atoms with Crippen molar-refractivity contribution < 1.29 is 14.3 Å². The molecule has 0 saturated carbocycles. The van der Waals surface area contributed by atoms with Crippen LogP contribution < -0.4 is 16.0 Å². The van der Waals surface area contributed by atoms with Crippen molar-refractivity contribution >= 4 is 17.6 Å². The molecule has 4 rings (SSSR count). The number of hydrogen-bond acceptors (Lipinski definition) is 10. The number of rotatable bonds is 13. The Morgan fingerprint density at radius 1 is 0.870 bits per heavy atom. The first-order valence-electron chi connectivity index (χ1n) is 15.9. The predicted octanol–water partition coefficient (Wildman–Crippen LogP) is 5.34. The summed E-state index contributed by atoms with van der Waals surface area (Å²) in [5.74, 6) is 2.26. The van der Waals surface area contributed by atoms with Crippen LogP contribution >= 0.6 is 0 Å². The molecule has 11 heteroatoms. The van der Waals surface area contributed by atoms with Gasteiger partial charge in [-0.15, -0.1) is 0 Å². The minimum Gasteiger partial charge on any atom is -0.492 e. The minimum absolute atomic E-state index is 0.209. The Morgan fingerprint density at radius 2 is 1.57 bits per heavy atom. The summed E-state index contributed by atoms with van der Waals surface area (Å²) in [4.78, 5) is 30.2. The summed E-state index contributed by atoms with van der Waals surface area (Å²) < 4.78 is 11.1. The van der Waals surface area contributed by atoms with Gasteiger partial charge in [0, 0.05) is 75.7 Å². The van der Waals surface area contributed by atoms with Gasteiger partial charge in [-0.2, -0.15) is 0 Å². The first-order chi connectivity index (χ1) is 21.8. The zero-order valence-electron chi connectivity index (χ0n) is 28.2. The number of hydrogen-bond donors (Lipinski definition) is 3. The highest BCUT2D eigenvalue weighted by Gasteiger charge is 2.20. The molecule has 0 bridgehead atoms. The summed E-state index contributed by atoms with van der Waals surface area (Å²) in [6.45, 7) is 23.0. The molecular weight excluding hydrogens is 580 g/mol. The van der Waals surface area contributed by atoms with Crippen LogP contribution in [-0.4, -0.2) is 87.9 Å². The molecule has 1 aliphatic rings. The number of carbonyl (C=O) groups excluding carboxylic acids is 1. The molecule has 3 aromatic rings. The Balaban J connectivity index is 1.23. The molecule has 2 aromatic heterocycles. The number of anilines is 2. The van der Waals surface area contributed by atoms with Crippen molar-refractivity contribution in [1.82, 2.24) is 35.4 Å². The van der Waals surface area contributed by atoms with Gasteiger partial charge in [0.2, 0.25) is 0 Å². The lowest BCUT2D eigenvalue weighted by atomic mass is 10.1. The van der Waals surface area contributed by atoms with Crippen LogP contribution in [0.4, 0.5) is 16.3 Å². The topological polar surface area (TPSA) is 117 Å². The van der Waals surface area contributed by atoms with E-state index in [0.29, 0.717) is 25.5 Å². The van der Waals surface area contributed by atoms with E-state index in [1.165, 1.54) is 5.56 Å². The third-order valence-corrected chi connectivity index (χ3v) is 6.97. The van der Waals surface area contributed by atoms with Crippen LogP contribution in [0.15, 0.2) is 67.3 Å². The molecule has 1 amide bonds. The van der Waals surface area contributed by atoms with E-state index in [9.17, 15) is 4.79 Å². The van der Waals surface area contributed by atoms with E-state index in [1.807, 2.05) is 45.3 Å². The second-order valence-electron chi connectivity index (χ2n) is 13.6. The normalized spacial score (nSPS) is 14.5. The second-order valence-corrected chi connectivity index (χ2v) is 13.6. The second kappa shape index (κ2) is 16.0. The Labute approximate surface area is 273 Å². The number of alkyl carbamates (subject to hydrolysis) is 1. The van der Waals surface area contributed by atoms with Gasteiger partial charge in [0.05, 0.1) is 13.1 Å². The molecule has 0 spiro atoms. The van der Waals surface area contributed by atoms with E-state index in [0.717, 1.165) is 67.7 Å². The maximum absolute atomic E-state index is 11.7. The molecule has 0 aliphatic carbocycles. The van der Waals surface area contributed by atoms with Crippen LogP contribution in [0.5, 0.6) is 0 Å². The third kappa shape index (κ3) is 12.4. The van der Waals surface area contributed by atoms with Gasteiger partial charge < -0.3 is 25.4 Å². The van der Waals surface area contributed by atoms with Crippen molar-refractivity contribution in [3.63, 3.8) is 0 Å². The summed E-state index contributed by atoms with van der Waals surface area (Å²) in [5, 5.41) is 9.42. The number of nitrogens with one attached hydrogen (secondary N) is 3. The Kier molecular flexibility index (Phi) is 12.1. The number of amides is 1. The summed E-state index contributed by atoms with van der Waals surface area (Å²) in [6, 6.07) is 12.5.